The number of benzene rings is 1. The van der Waals surface area contributed by atoms with Gasteiger partial charge >= 0.3 is 0 Å². The molecule has 0 radical (unpaired) electrons. The molecular formula is C24H24F4N6O. The molecule has 2 atom stereocenters. The number of carbonyl (C=O) groups is 1. The fraction of sp³-hybridized carbons (Fsp3) is 0.417. The van der Waals surface area contributed by atoms with Crippen LogP contribution in [0.2, 0.25) is 0 Å². The summed E-state index contributed by atoms with van der Waals surface area (Å²) in [6.07, 6.45) is 2.74. The monoisotopic (exact) mass is 488 g/mol. The lowest BCUT2D eigenvalue weighted by molar-refractivity contribution is 0.0491. The third-order valence-electron chi connectivity index (χ3n) is 6.65. The Morgan fingerprint density at radius 3 is 2.26 bits per heavy atom. The second kappa shape index (κ2) is 7.76. The number of likely N-dealkylation sites (tertiary alicyclic amines) is 1. The minimum atomic E-state index is -2.41. The average molecular weight is 488 g/mol. The number of aryl methyl sites for hydroxylation is 1. The first-order chi connectivity index (χ1) is 16.4. The van der Waals surface area contributed by atoms with Gasteiger partial charge in [0.2, 0.25) is 0 Å². The highest BCUT2D eigenvalue weighted by Gasteiger charge is 2.66. The molecule has 2 aromatic heterocycles. The van der Waals surface area contributed by atoms with Crippen molar-refractivity contribution in [2.24, 2.45) is 0 Å². The largest absolute Gasteiger partial charge is 0.350 e. The Morgan fingerprint density at radius 2 is 1.66 bits per heavy atom. The molecule has 0 unspecified atom stereocenters. The molecule has 2 fully saturated rings. The van der Waals surface area contributed by atoms with Gasteiger partial charge < -0.3 is 9.80 Å². The lowest BCUT2D eigenvalue weighted by Crippen LogP contribution is -2.44. The van der Waals surface area contributed by atoms with E-state index in [0.717, 1.165) is 15.8 Å². The molecule has 35 heavy (non-hydrogen) atoms. The molecule has 0 saturated carbocycles. The van der Waals surface area contributed by atoms with Crippen LogP contribution in [0.25, 0.3) is 5.69 Å². The number of amides is 1. The molecule has 1 amide bonds. The van der Waals surface area contributed by atoms with E-state index in [4.69, 9.17) is 0 Å². The zero-order chi connectivity index (χ0) is 25.2. The standard InChI is InChI=1S/C24H24F4N6O/c1-15-9-16(22(2,3)26)10-19(31-15)32-11-23(27)13-33(14-24(23,28)12-32)21(35)20-17(25)5-4-6-18(20)34-29-7-8-30-34/h4-10H,11-14H2,1-3H3/t23-,24+. The van der Waals surface area contributed by atoms with Gasteiger partial charge in [-0.05, 0) is 50.6 Å². The fourth-order valence-corrected chi connectivity index (χ4v) is 4.84. The molecule has 2 saturated heterocycles. The molecule has 4 heterocycles. The van der Waals surface area contributed by atoms with E-state index in [2.05, 4.69) is 15.2 Å². The molecule has 0 spiro atoms. The van der Waals surface area contributed by atoms with Gasteiger partial charge in [-0.25, -0.2) is 22.5 Å². The molecular weight excluding hydrogens is 464 g/mol. The Labute approximate surface area is 199 Å². The maximum absolute atomic E-state index is 16.0. The van der Waals surface area contributed by atoms with Crippen LogP contribution in [0.15, 0.2) is 42.7 Å². The Hall–Kier alpha value is -3.50. The molecule has 2 aliphatic rings. The second-order valence-electron chi connectivity index (χ2n) is 9.73. The predicted molar refractivity (Wildman–Crippen MR) is 120 cm³/mol. The molecule has 5 rings (SSSR count). The summed E-state index contributed by atoms with van der Waals surface area (Å²) < 4.78 is 61.3. The minimum absolute atomic E-state index is 0.0739. The molecule has 184 valence electrons. The summed E-state index contributed by atoms with van der Waals surface area (Å²) in [7, 11) is 0. The number of alkyl halides is 3. The van der Waals surface area contributed by atoms with E-state index in [1.54, 1.807) is 13.0 Å². The smallest absolute Gasteiger partial charge is 0.259 e. The summed E-state index contributed by atoms with van der Waals surface area (Å²) >= 11 is 0. The van der Waals surface area contributed by atoms with Gasteiger partial charge in [0.25, 0.3) is 5.91 Å². The third kappa shape index (κ3) is 3.82. The van der Waals surface area contributed by atoms with E-state index in [1.807, 2.05) is 0 Å². The lowest BCUT2D eigenvalue weighted by Gasteiger charge is -2.25. The van der Waals surface area contributed by atoms with Crippen LogP contribution >= 0.6 is 0 Å². The van der Waals surface area contributed by atoms with Gasteiger partial charge in [-0.3, -0.25) is 4.79 Å². The van der Waals surface area contributed by atoms with Crippen LogP contribution in [0.5, 0.6) is 0 Å². The van der Waals surface area contributed by atoms with Gasteiger partial charge in [0, 0.05) is 5.69 Å². The highest BCUT2D eigenvalue weighted by atomic mass is 19.2. The molecule has 0 N–H and O–H groups in total. The summed E-state index contributed by atoms with van der Waals surface area (Å²) in [6.45, 7) is 2.61. The number of halogens is 4. The zero-order valence-electron chi connectivity index (χ0n) is 19.5. The molecule has 3 aromatic rings. The number of aromatic nitrogens is 4. The Morgan fingerprint density at radius 1 is 1.03 bits per heavy atom. The van der Waals surface area contributed by atoms with Crippen LogP contribution < -0.4 is 4.90 Å². The van der Waals surface area contributed by atoms with Crippen molar-refractivity contribution in [1.29, 1.82) is 0 Å². The van der Waals surface area contributed by atoms with Crippen molar-refractivity contribution in [2.75, 3.05) is 31.1 Å². The number of fused-ring (bicyclic) bond motifs is 1. The van der Waals surface area contributed by atoms with E-state index < -0.39 is 41.8 Å². The van der Waals surface area contributed by atoms with Crippen LogP contribution in [0.3, 0.4) is 0 Å². The first kappa shape index (κ1) is 23.3. The van der Waals surface area contributed by atoms with Gasteiger partial charge in [0.15, 0.2) is 11.3 Å². The van der Waals surface area contributed by atoms with Crippen molar-refractivity contribution in [3.63, 3.8) is 0 Å². The van der Waals surface area contributed by atoms with Gasteiger partial charge in [0.1, 0.15) is 28.6 Å². The topological polar surface area (TPSA) is 67.2 Å². The number of carbonyl (C=O) groups excluding carboxylic acids is 1. The van der Waals surface area contributed by atoms with Crippen molar-refractivity contribution in [3.8, 4) is 5.69 Å². The minimum Gasteiger partial charge on any atom is -0.350 e. The van der Waals surface area contributed by atoms with E-state index in [-0.39, 0.29) is 30.2 Å². The van der Waals surface area contributed by atoms with Crippen LogP contribution in [0.4, 0.5) is 23.4 Å². The van der Waals surface area contributed by atoms with Crippen molar-refractivity contribution in [1.82, 2.24) is 24.9 Å². The van der Waals surface area contributed by atoms with Gasteiger partial charge in [-0.1, -0.05) is 6.07 Å². The zero-order valence-corrected chi connectivity index (χ0v) is 19.5. The van der Waals surface area contributed by atoms with Crippen molar-refractivity contribution in [2.45, 2.75) is 37.8 Å². The fourth-order valence-electron chi connectivity index (χ4n) is 4.84. The summed E-state index contributed by atoms with van der Waals surface area (Å²) in [4.78, 5) is 21.1. The maximum atomic E-state index is 16.0. The number of rotatable bonds is 4. The van der Waals surface area contributed by atoms with E-state index in [1.165, 1.54) is 49.3 Å². The van der Waals surface area contributed by atoms with E-state index in [0.29, 0.717) is 11.3 Å². The van der Waals surface area contributed by atoms with Crippen molar-refractivity contribution >= 4 is 11.7 Å². The third-order valence-corrected chi connectivity index (χ3v) is 6.65. The first-order valence-electron chi connectivity index (χ1n) is 11.2. The molecule has 0 bridgehead atoms. The number of nitrogens with zero attached hydrogens (tertiary/aromatic N) is 6. The summed E-state index contributed by atoms with van der Waals surface area (Å²) in [6, 6.07) is 7.04. The normalized spacial score (nSPS) is 24.2. The Balaban J connectivity index is 1.42. The number of anilines is 1. The van der Waals surface area contributed by atoms with Gasteiger partial charge in [-0.15, -0.1) is 0 Å². The average Bonchev–Trinajstić information content (AvgIpc) is 3.44. The quantitative estimate of drug-likeness (QED) is 0.524. The number of hydrogen-bond donors (Lipinski definition) is 0. The highest BCUT2D eigenvalue weighted by Crippen LogP contribution is 2.46. The Bertz CT molecular complexity index is 1270. The lowest BCUT2D eigenvalue weighted by atomic mass is 9.94. The maximum Gasteiger partial charge on any atom is 0.259 e. The highest BCUT2D eigenvalue weighted by molar-refractivity contribution is 5.98. The SMILES string of the molecule is Cc1cc(C(C)(C)F)cc(N2C[C@]3(F)CN(C(=O)c4c(F)cccc4-n4nccn4)C[C@]3(F)C2)n1. The van der Waals surface area contributed by atoms with Crippen LogP contribution in [-0.4, -0.2) is 68.3 Å². The molecule has 11 heteroatoms. The van der Waals surface area contributed by atoms with Crippen molar-refractivity contribution in [3.05, 3.63) is 65.4 Å². The van der Waals surface area contributed by atoms with Gasteiger partial charge in [-0.2, -0.15) is 15.0 Å². The van der Waals surface area contributed by atoms with E-state index in [9.17, 15) is 13.6 Å². The molecule has 0 aliphatic carbocycles. The van der Waals surface area contributed by atoms with E-state index >= 15 is 8.78 Å². The molecule has 7 nitrogen and oxygen atoms in total. The molecule has 2 aliphatic heterocycles. The first-order valence-corrected chi connectivity index (χ1v) is 11.2. The van der Waals surface area contributed by atoms with Gasteiger partial charge in [0.05, 0.1) is 38.6 Å². The van der Waals surface area contributed by atoms with Crippen LogP contribution in [-0.2, 0) is 5.67 Å². The van der Waals surface area contributed by atoms with Crippen LogP contribution in [0.1, 0.15) is 35.5 Å². The predicted octanol–water partition coefficient (Wildman–Crippen LogP) is 3.71. The second-order valence-corrected chi connectivity index (χ2v) is 9.73. The number of pyridine rings is 1. The summed E-state index contributed by atoms with van der Waals surface area (Å²) in [5, 5.41) is 7.87. The Kier molecular flexibility index (Phi) is 5.15. The molecule has 1 aromatic carbocycles. The summed E-state index contributed by atoms with van der Waals surface area (Å²) in [5.41, 5.74) is -5.87. The van der Waals surface area contributed by atoms with Crippen molar-refractivity contribution < 1.29 is 22.4 Å². The number of hydrogen-bond acceptors (Lipinski definition) is 5. The summed E-state index contributed by atoms with van der Waals surface area (Å²) in [5.74, 6) is -1.41. The van der Waals surface area contributed by atoms with Crippen LogP contribution in [0, 0.1) is 12.7 Å².